The summed E-state index contributed by atoms with van der Waals surface area (Å²) in [5, 5.41) is 8.32. The van der Waals surface area contributed by atoms with Gasteiger partial charge in [-0.25, -0.2) is 4.68 Å². The van der Waals surface area contributed by atoms with Crippen LogP contribution in [0.1, 0.15) is 25.7 Å². The maximum absolute atomic E-state index is 12.2. The standard InChI is InChI=1S/C16H19N3O4/c20-15(23-11-12-5-3-4-10-22-12)8-9-19-16(21)13-6-1-2-7-14(13)17-18-19/h1-2,6-7,12H,3-5,8-11H2. The third-order valence-corrected chi connectivity index (χ3v) is 3.86. The SMILES string of the molecule is O=C(CCn1nnc2ccccc2c1=O)OCC1CCCCO1. The number of aryl methyl sites for hydroxylation is 1. The summed E-state index contributed by atoms with van der Waals surface area (Å²) in [7, 11) is 0. The maximum atomic E-state index is 12.2. The van der Waals surface area contributed by atoms with Crippen LogP contribution in [0.15, 0.2) is 29.1 Å². The van der Waals surface area contributed by atoms with E-state index in [1.54, 1.807) is 24.3 Å². The lowest BCUT2D eigenvalue weighted by Gasteiger charge is -2.22. The zero-order chi connectivity index (χ0) is 16.1. The molecule has 1 aliphatic rings. The Morgan fingerprint density at radius 3 is 3.04 bits per heavy atom. The second kappa shape index (κ2) is 7.32. The number of benzene rings is 1. The van der Waals surface area contributed by atoms with E-state index in [4.69, 9.17) is 9.47 Å². The summed E-state index contributed by atoms with van der Waals surface area (Å²) in [4.78, 5) is 24.0. The van der Waals surface area contributed by atoms with Crippen LogP contribution in [-0.2, 0) is 20.8 Å². The molecule has 122 valence electrons. The average molecular weight is 317 g/mol. The molecule has 23 heavy (non-hydrogen) atoms. The van der Waals surface area contributed by atoms with Crippen molar-refractivity contribution in [2.75, 3.05) is 13.2 Å². The predicted molar refractivity (Wildman–Crippen MR) is 83.0 cm³/mol. The van der Waals surface area contributed by atoms with Crippen molar-refractivity contribution in [3.8, 4) is 0 Å². The van der Waals surface area contributed by atoms with Crippen LogP contribution >= 0.6 is 0 Å². The minimum Gasteiger partial charge on any atom is -0.463 e. The first-order valence-corrected chi connectivity index (χ1v) is 7.84. The van der Waals surface area contributed by atoms with E-state index < -0.39 is 0 Å². The van der Waals surface area contributed by atoms with Gasteiger partial charge >= 0.3 is 5.97 Å². The number of hydrogen-bond donors (Lipinski definition) is 0. The van der Waals surface area contributed by atoms with Crippen LogP contribution in [0.2, 0.25) is 0 Å². The van der Waals surface area contributed by atoms with Crippen molar-refractivity contribution in [3.05, 3.63) is 34.6 Å². The van der Waals surface area contributed by atoms with Crippen LogP contribution in [0.25, 0.3) is 10.9 Å². The largest absolute Gasteiger partial charge is 0.463 e. The Kier molecular flexibility index (Phi) is 4.97. The number of esters is 1. The zero-order valence-electron chi connectivity index (χ0n) is 12.8. The highest BCUT2D eigenvalue weighted by atomic mass is 16.6. The van der Waals surface area contributed by atoms with E-state index in [9.17, 15) is 9.59 Å². The van der Waals surface area contributed by atoms with E-state index >= 15 is 0 Å². The lowest BCUT2D eigenvalue weighted by molar-refractivity contribution is -0.149. The van der Waals surface area contributed by atoms with E-state index in [0.717, 1.165) is 25.9 Å². The number of fused-ring (bicyclic) bond motifs is 1. The van der Waals surface area contributed by atoms with Crippen LogP contribution < -0.4 is 5.56 Å². The quantitative estimate of drug-likeness (QED) is 0.773. The number of hydrogen-bond acceptors (Lipinski definition) is 6. The van der Waals surface area contributed by atoms with Crippen molar-refractivity contribution in [1.82, 2.24) is 15.0 Å². The highest BCUT2D eigenvalue weighted by Gasteiger charge is 2.16. The normalized spacial score (nSPS) is 18.0. The van der Waals surface area contributed by atoms with Gasteiger partial charge in [0, 0.05) is 6.61 Å². The van der Waals surface area contributed by atoms with Crippen molar-refractivity contribution in [2.45, 2.75) is 38.3 Å². The molecule has 0 radical (unpaired) electrons. The van der Waals surface area contributed by atoms with Crippen LogP contribution in [0.5, 0.6) is 0 Å². The topological polar surface area (TPSA) is 83.3 Å². The molecule has 1 aromatic heterocycles. The van der Waals surface area contributed by atoms with E-state index in [2.05, 4.69) is 10.3 Å². The molecule has 2 aromatic rings. The monoisotopic (exact) mass is 317 g/mol. The molecule has 0 amide bonds. The third kappa shape index (κ3) is 3.92. The van der Waals surface area contributed by atoms with Crippen molar-refractivity contribution in [3.63, 3.8) is 0 Å². The number of carbonyl (C=O) groups is 1. The molecule has 3 rings (SSSR count). The molecule has 2 heterocycles. The summed E-state index contributed by atoms with van der Waals surface area (Å²) < 4.78 is 11.9. The first kappa shape index (κ1) is 15.6. The highest BCUT2D eigenvalue weighted by molar-refractivity contribution is 5.76. The third-order valence-electron chi connectivity index (χ3n) is 3.86. The second-order valence-corrected chi connectivity index (χ2v) is 5.56. The lowest BCUT2D eigenvalue weighted by atomic mass is 10.1. The molecule has 7 heteroatoms. The Morgan fingerprint density at radius 1 is 1.35 bits per heavy atom. The first-order chi connectivity index (χ1) is 11.2. The summed E-state index contributed by atoms with van der Waals surface area (Å²) >= 11 is 0. The van der Waals surface area contributed by atoms with Crippen LogP contribution in [0, 0.1) is 0 Å². The number of rotatable bonds is 5. The fourth-order valence-corrected chi connectivity index (χ4v) is 2.56. The molecule has 1 aromatic carbocycles. The van der Waals surface area contributed by atoms with Crippen molar-refractivity contribution < 1.29 is 14.3 Å². The lowest BCUT2D eigenvalue weighted by Crippen LogP contribution is -2.28. The highest BCUT2D eigenvalue weighted by Crippen LogP contribution is 2.13. The molecular formula is C16H19N3O4. The molecule has 1 fully saturated rings. The fraction of sp³-hybridized carbons (Fsp3) is 0.500. The van der Waals surface area contributed by atoms with Gasteiger partial charge in [-0.05, 0) is 31.4 Å². The molecule has 0 aliphatic carbocycles. The van der Waals surface area contributed by atoms with Gasteiger partial charge in [-0.1, -0.05) is 17.3 Å². The van der Waals surface area contributed by atoms with E-state index in [1.165, 1.54) is 4.68 Å². The van der Waals surface area contributed by atoms with Gasteiger partial charge in [0.05, 0.1) is 24.5 Å². The van der Waals surface area contributed by atoms with Gasteiger partial charge in [0.2, 0.25) is 0 Å². The number of nitrogens with zero attached hydrogens (tertiary/aromatic N) is 3. The Morgan fingerprint density at radius 2 is 2.22 bits per heavy atom. The minimum atomic E-state index is -0.360. The van der Waals surface area contributed by atoms with E-state index in [1.807, 2.05) is 0 Å². The number of ether oxygens (including phenoxy) is 2. The zero-order valence-corrected chi connectivity index (χ0v) is 12.8. The molecule has 1 saturated heterocycles. The molecule has 0 bridgehead atoms. The summed E-state index contributed by atoms with van der Waals surface area (Å²) in [6, 6.07) is 6.99. The average Bonchev–Trinajstić information content (AvgIpc) is 2.60. The van der Waals surface area contributed by atoms with Gasteiger partial charge < -0.3 is 9.47 Å². The number of carbonyl (C=O) groups excluding carboxylic acids is 1. The predicted octanol–water partition coefficient (Wildman–Crippen LogP) is 1.29. The molecule has 0 saturated carbocycles. The summed E-state index contributed by atoms with van der Waals surface area (Å²) in [6.07, 6.45) is 3.16. The molecule has 0 spiro atoms. The molecule has 1 unspecified atom stereocenters. The molecule has 7 nitrogen and oxygen atoms in total. The Balaban J connectivity index is 1.54. The van der Waals surface area contributed by atoms with E-state index in [0.29, 0.717) is 10.9 Å². The van der Waals surface area contributed by atoms with Crippen LogP contribution in [-0.4, -0.2) is 40.3 Å². The second-order valence-electron chi connectivity index (χ2n) is 5.56. The van der Waals surface area contributed by atoms with Gasteiger partial charge in [0.1, 0.15) is 12.1 Å². The van der Waals surface area contributed by atoms with Crippen molar-refractivity contribution in [2.24, 2.45) is 0 Å². The van der Waals surface area contributed by atoms with Gasteiger partial charge in [-0.15, -0.1) is 5.10 Å². The van der Waals surface area contributed by atoms with Crippen LogP contribution in [0.4, 0.5) is 0 Å². The number of aromatic nitrogens is 3. The summed E-state index contributed by atoms with van der Waals surface area (Å²) in [5.41, 5.74) is 0.296. The summed E-state index contributed by atoms with van der Waals surface area (Å²) in [6.45, 7) is 1.16. The Hall–Kier alpha value is -2.28. The summed E-state index contributed by atoms with van der Waals surface area (Å²) in [5.74, 6) is -0.360. The van der Waals surface area contributed by atoms with E-state index in [-0.39, 0.29) is 37.2 Å². The molecule has 0 N–H and O–H groups in total. The molecular weight excluding hydrogens is 298 g/mol. The smallest absolute Gasteiger partial charge is 0.307 e. The minimum absolute atomic E-state index is 0.00381. The first-order valence-electron chi connectivity index (χ1n) is 7.84. The van der Waals surface area contributed by atoms with Crippen LogP contribution in [0.3, 0.4) is 0 Å². The Bertz CT molecular complexity index is 737. The van der Waals surface area contributed by atoms with Gasteiger partial charge in [-0.3, -0.25) is 9.59 Å². The molecule has 1 aliphatic heterocycles. The Labute approximate surface area is 133 Å². The molecule has 1 atom stereocenters. The van der Waals surface area contributed by atoms with Crippen molar-refractivity contribution in [1.29, 1.82) is 0 Å². The maximum Gasteiger partial charge on any atom is 0.307 e. The van der Waals surface area contributed by atoms with Gasteiger partial charge in [-0.2, -0.15) is 0 Å². The fourth-order valence-electron chi connectivity index (χ4n) is 2.56. The van der Waals surface area contributed by atoms with Gasteiger partial charge in [0.15, 0.2) is 0 Å². The van der Waals surface area contributed by atoms with Gasteiger partial charge in [0.25, 0.3) is 5.56 Å². The van der Waals surface area contributed by atoms with Crippen molar-refractivity contribution >= 4 is 16.9 Å².